The molecule has 1 heterocycles. The van der Waals surface area contributed by atoms with E-state index >= 15 is 0 Å². The number of ether oxygens (including phenoxy) is 1. The lowest BCUT2D eigenvalue weighted by molar-refractivity contribution is -0.385. The van der Waals surface area contributed by atoms with Gasteiger partial charge in [-0.2, -0.15) is 0 Å². The molecular formula is C11H14N2O3. The molecule has 0 aliphatic heterocycles. The Morgan fingerprint density at radius 2 is 2.38 bits per heavy atom. The van der Waals surface area contributed by atoms with Gasteiger partial charge >= 0.3 is 0 Å². The molecule has 0 atom stereocenters. The molecule has 5 heteroatoms. The number of hydrogen-bond acceptors (Lipinski definition) is 4. The van der Waals surface area contributed by atoms with E-state index in [-0.39, 0.29) is 5.69 Å². The summed E-state index contributed by atoms with van der Waals surface area (Å²) in [4.78, 5) is 14.2. The summed E-state index contributed by atoms with van der Waals surface area (Å²) >= 11 is 0. The summed E-state index contributed by atoms with van der Waals surface area (Å²) in [6, 6.07) is 1.48. The van der Waals surface area contributed by atoms with E-state index in [9.17, 15) is 10.1 Å². The Bertz CT molecular complexity index is 427. The molecule has 0 unspecified atom stereocenters. The van der Waals surface area contributed by atoms with Gasteiger partial charge in [0.2, 0.25) is 0 Å². The number of methoxy groups -OCH3 is 1. The summed E-state index contributed by atoms with van der Waals surface area (Å²) in [5.41, 5.74) is 1.35. The Hall–Kier alpha value is -1.91. The Morgan fingerprint density at radius 3 is 2.88 bits per heavy atom. The smallest absolute Gasteiger partial charge is 0.288 e. The predicted molar refractivity (Wildman–Crippen MR) is 60.9 cm³/mol. The first-order valence-corrected chi connectivity index (χ1v) is 4.95. The molecule has 5 nitrogen and oxygen atoms in total. The van der Waals surface area contributed by atoms with Crippen LogP contribution in [0.4, 0.5) is 5.69 Å². The Labute approximate surface area is 93.9 Å². The summed E-state index contributed by atoms with van der Waals surface area (Å²) in [6.07, 6.45) is 3.91. The van der Waals surface area contributed by atoms with Gasteiger partial charge in [-0.3, -0.25) is 15.1 Å². The normalized spacial score (nSPS) is 11.3. The quantitative estimate of drug-likeness (QED) is 0.446. The van der Waals surface area contributed by atoms with Crippen LogP contribution in [0.2, 0.25) is 0 Å². The summed E-state index contributed by atoms with van der Waals surface area (Å²) in [7, 11) is 1.54. The van der Waals surface area contributed by atoms with Crippen LogP contribution in [0.15, 0.2) is 18.3 Å². The van der Waals surface area contributed by atoms with Gasteiger partial charge in [0.25, 0.3) is 5.69 Å². The average Bonchev–Trinajstić information content (AvgIpc) is 2.26. The number of allylic oxidation sites excluding steroid dienone is 1. The maximum absolute atomic E-state index is 10.6. The molecule has 0 bridgehead atoms. The fourth-order valence-corrected chi connectivity index (χ4v) is 1.36. The van der Waals surface area contributed by atoms with Gasteiger partial charge in [0.05, 0.1) is 12.0 Å². The van der Waals surface area contributed by atoms with Gasteiger partial charge in [-0.1, -0.05) is 6.92 Å². The van der Waals surface area contributed by atoms with Gasteiger partial charge in [-0.25, -0.2) is 0 Å². The van der Waals surface area contributed by atoms with E-state index in [0.717, 1.165) is 6.42 Å². The molecule has 0 spiro atoms. The van der Waals surface area contributed by atoms with Gasteiger partial charge in [0.1, 0.15) is 12.0 Å². The fraction of sp³-hybridized carbons (Fsp3) is 0.364. The number of rotatable bonds is 4. The lowest BCUT2D eigenvalue weighted by atomic mass is 10.1. The first kappa shape index (κ1) is 12.2. The number of nitro groups is 1. The molecule has 0 aliphatic rings. The minimum absolute atomic E-state index is 0.0281. The van der Waals surface area contributed by atoms with E-state index in [4.69, 9.17) is 4.74 Å². The van der Waals surface area contributed by atoms with Crippen LogP contribution in [-0.2, 0) is 4.74 Å². The molecule has 0 saturated heterocycles. The van der Waals surface area contributed by atoms with Crippen LogP contribution in [0.1, 0.15) is 24.6 Å². The Kier molecular flexibility index (Phi) is 3.99. The number of pyridine rings is 1. The summed E-state index contributed by atoms with van der Waals surface area (Å²) in [6.45, 7) is 3.76. The zero-order valence-electron chi connectivity index (χ0n) is 9.56. The van der Waals surface area contributed by atoms with Crippen LogP contribution in [0.5, 0.6) is 0 Å². The van der Waals surface area contributed by atoms with E-state index in [0.29, 0.717) is 17.0 Å². The van der Waals surface area contributed by atoms with Crippen LogP contribution in [-0.4, -0.2) is 17.0 Å². The van der Waals surface area contributed by atoms with Crippen molar-refractivity contribution >= 4 is 11.4 Å². The molecule has 16 heavy (non-hydrogen) atoms. The minimum Gasteiger partial charge on any atom is -0.496 e. The second kappa shape index (κ2) is 5.25. The maximum atomic E-state index is 10.6. The number of aromatic nitrogens is 1. The molecule has 0 radical (unpaired) electrons. The third-order valence-corrected chi connectivity index (χ3v) is 2.16. The molecule has 1 rings (SSSR count). The molecule has 1 aromatic heterocycles. The zero-order valence-corrected chi connectivity index (χ0v) is 9.56. The van der Waals surface area contributed by atoms with Crippen molar-refractivity contribution in [3.8, 4) is 0 Å². The first-order chi connectivity index (χ1) is 7.60. The van der Waals surface area contributed by atoms with Crippen LogP contribution in [0.25, 0.3) is 5.76 Å². The number of nitrogens with zero attached hydrogens (tertiary/aromatic N) is 2. The van der Waals surface area contributed by atoms with Crippen LogP contribution in [0, 0.1) is 17.0 Å². The van der Waals surface area contributed by atoms with Crippen LogP contribution in [0.3, 0.4) is 0 Å². The molecule has 86 valence electrons. The largest absolute Gasteiger partial charge is 0.496 e. The predicted octanol–water partition coefficient (Wildman–Crippen LogP) is 2.70. The second-order valence-corrected chi connectivity index (χ2v) is 3.26. The van der Waals surface area contributed by atoms with Crippen molar-refractivity contribution in [1.29, 1.82) is 0 Å². The van der Waals surface area contributed by atoms with E-state index in [1.54, 1.807) is 14.0 Å². The Balaban J connectivity index is 3.25. The van der Waals surface area contributed by atoms with E-state index < -0.39 is 4.92 Å². The zero-order chi connectivity index (χ0) is 12.1. The van der Waals surface area contributed by atoms with E-state index in [1.807, 2.05) is 13.0 Å². The number of hydrogen-bond donors (Lipinski definition) is 0. The van der Waals surface area contributed by atoms with Crippen molar-refractivity contribution < 1.29 is 9.66 Å². The molecule has 0 saturated carbocycles. The van der Waals surface area contributed by atoms with Gasteiger partial charge in [0.15, 0.2) is 0 Å². The van der Waals surface area contributed by atoms with Crippen LogP contribution < -0.4 is 0 Å². The van der Waals surface area contributed by atoms with Gasteiger partial charge < -0.3 is 4.74 Å². The molecule has 0 fully saturated rings. The summed E-state index contributed by atoms with van der Waals surface area (Å²) in [5, 5.41) is 10.6. The van der Waals surface area contributed by atoms with E-state index in [2.05, 4.69) is 4.98 Å². The van der Waals surface area contributed by atoms with Crippen LogP contribution >= 0.6 is 0 Å². The maximum Gasteiger partial charge on any atom is 0.288 e. The fourth-order valence-electron chi connectivity index (χ4n) is 1.36. The molecule has 0 N–H and O–H groups in total. The van der Waals surface area contributed by atoms with Crippen molar-refractivity contribution in [3.63, 3.8) is 0 Å². The molecule has 0 amide bonds. The topological polar surface area (TPSA) is 65.3 Å². The Morgan fingerprint density at radius 1 is 1.69 bits per heavy atom. The molecule has 0 aliphatic carbocycles. The summed E-state index contributed by atoms with van der Waals surface area (Å²) in [5.74, 6) is 0.621. The third kappa shape index (κ3) is 2.56. The van der Waals surface area contributed by atoms with Gasteiger partial charge in [0, 0.05) is 17.3 Å². The third-order valence-electron chi connectivity index (χ3n) is 2.16. The van der Waals surface area contributed by atoms with Gasteiger partial charge in [-0.15, -0.1) is 0 Å². The van der Waals surface area contributed by atoms with Crippen molar-refractivity contribution in [1.82, 2.24) is 4.98 Å². The van der Waals surface area contributed by atoms with Crippen molar-refractivity contribution in [2.45, 2.75) is 20.3 Å². The highest BCUT2D eigenvalue weighted by molar-refractivity contribution is 5.63. The van der Waals surface area contributed by atoms with Crippen molar-refractivity contribution in [3.05, 3.63) is 39.7 Å². The van der Waals surface area contributed by atoms with E-state index in [1.165, 1.54) is 12.3 Å². The SMILES string of the molecule is CC/C=C(/OC)c1cc([N+](=O)[O-])cnc1C. The summed E-state index contributed by atoms with van der Waals surface area (Å²) < 4.78 is 5.19. The van der Waals surface area contributed by atoms with Gasteiger partial charge in [-0.05, 0) is 19.4 Å². The molecule has 0 aromatic carbocycles. The molecule has 1 aromatic rings. The lowest BCUT2D eigenvalue weighted by Gasteiger charge is -2.08. The minimum atomic E-state index is -0.463. The monoisotopic (exact) mass is 222 g/mol. The molecular weight excluding hydrogens is 208 g/mol. The van der Waals surface area contributed by atoms with Crippen molar-refractivity contribution in [2.75, 3.05) is 7.11 Å². The van der Waals surface area contributed by atoms with Crippen molar-refractivity contribution in [2.24, 2.45) is 0 Å². The second-order valence-electron chi connectivity index (χ2n) is 3.26. The lowest BCUT2D eigenvalue weighted by Crippen LogP contribution is -1.97. The number of aryl methyl sites for hydroxylation is 1. The first-order valence-electron chi connectivity index (χ1n) is 4.95. The standard InChI is InChI=1S/C11H14N2O3/c1-4-5-11(16-3)10-6-9(13(14)15)7-12-8(10)2/h5-7H,4H2,1-3H3/b11-5+. The highest BCUT2D eigenvalue weighted by Crippen LogP contribution is 2.22. The highest BCUT2D eigenvalue weighted by atomic mass is 16.6. The highest BCUT2D eigenvalue weighted by Gasteiger charge is 2.13. The average molecular weight is 222 g/mol.